The first-order valence-electron chi connectivity index (χ1n) is 10.9. The van der Waals surface area contributed by atoms with Crippen LogP contribution in [-0.4, -0.2) is 31.4 Å². The molecule has 3 aromatic rings. The van der Waals surface area contributed by atoms with Gasteiger partial charge < -0.3 is 20.3 Å². The van der Waals surface area contributed by atoms with Gasteiger partial charge in [-0.25, -0.2) is 0 Å². The second kappa shape index (κ2) is 11.4. The first-order valence-corrected chi connectivity index (χ1v) is 12.3. The van der Waals surface area contributed by atoms with Crippen LogP contribution in [0, 0.1) is 0 Å². The number of thiocarbonyl (C=S) groups is 1. The molecule has 0 amide bonds. The highest BCUT2D eigenvalue weighted by Gasteiger charge is 2.12. The second-order valence-corrected chi connectivity index (χ2v) is 9.27. The van der Waals surface area contributed by atoms with Crippen molar-refractivity contribution in [3.05, 3.63) is 90.0 Å². The molecule has 4 nitrogen and oxygen atoms in total. The largest absolute Gasteiger partial charge is 0.378 e. The van der Waals surface area contributed by atoms with E-state index in [0.29, 0.717) is 5.11 Å². The molecule has 1 aliphatic rings. The van der Waals surface area contributed by atoms with Crippen molar-refractivity contribution < 1.29 is 4.74 Å². The SMILES string of the molecule is C[C@@H](NC(=S)Nc1ccc(CSc2ccccc2)cc1)c1ccc(N2CCOCC2)cc1. The average molecular weight is 464 g/mol. The smallest absolute Gasteiger partial charge is 0.171 e. The van der Waals surface area contributed by atoms with Crippen LogP contribution in [0.1, 0.15) is 24.1 Å². The van der Waals surface area contributed by atoms with Gasteiger partial charge in [0.15, 0.2) is 5.11 Å². The molecule has 1 atom stereocenters. The minimum Gasteiger partial charge on any atom is -0.378 e. The molecule has 166 valence electrons. The number of nitrogens with zero attached hydrogens (tertiary/aromatic N) is 1. The van der Waals surface area contributed by atoms with Crippen LogP contribution in [0.15, 0.2) is 83.8 Å². The Morgan fingerprint density at radius 2 is 1.66 bits per heavy atom. The molecule has 0 bridgehead atoms. The lowest BCUT2D eigenvalue weighted by atomic mass is 10.1. The van der Waals surface area contributed by atoms with Gasteiger partial charge >= 0.3 is 0 Å². The summed E-state index contributed by atoms with van der Waals surface area (Å²) >= 11 is 7.38. The minimum absolute atomic E-state index is 0.121. The Kier molecular flexibility index (Phi) is 8.04. The van der Waals surface area contributed by atoms with Crippen molar-refractivity contribution in [2.45, 2.75) is 23.6 Å². The van der Waals surface area contributed by atoms with Crippen LogP contribution in [0.4, 0.5) is 11.4 Å². The van der Waals surface area contributed by atoms with Crippen LogP contribution in [0.3, 0.4) is 0 Å². The number of nitrogens with one attached hydrogen (secondary N) is 2. The number of hydrogen-bond acceptors (Lipinski definition) is 4. The van der Waals surface area contributed by atoms with Crippen molar-refractivity contribution in [3.63, 3.8) is 0 Å². The molecule has 0 aromatic heterocycles. The topological polar surface area (TPSA) is 36.5 Å². The van der Waals surface area contributed by atoms with Crippen LogP contribution in [0.25, 0.3) is 0 Å². The van der Waals surface area contributed by atoms with Crippen molar-refractivity contribution in [1.82, 2.24) is 5.32 Å². The van der Waals surface area contributed by atoms with Gasteiger partial charge in [-0.3, -0.25) is 0 Å². The van der Waals surface area contributed by atoms with Crippen LogP contribution in [0.2, 0.25) is 0 Å². The molecule has 0 saturated carbocycles. The van der Waals surface area contributed by atoms with Gasteiger partial charge in [0.2, 0.25) is 0 Å². The zero-order valence-electron chi connectivity index (χ0n) is 18.3. The highest BCUT2D eigenvalue weighted by Crippen LogP contribution is 2.23. The van der Waals surface area contributed by atoms with E-state index in [1.54, 1.807) is 0 Å². The highest BCUT2D eigenvalue weighted by molar-refractivity contribution is 7.98. The van der Waals surface area contributed by atoms with Crippen LogP contribution in [-0.2, 0) is 10.5 Å². The third kappa shape index (κ3) is 6.48. The van der Waals surface area contributed by atoms with Gasteiger partial charge in [0.25, 0.3) is 0 Å². The highest BCUT2D eigenvalue weighted by atomic mass is 32.2. The summed E-state index contributed by atoms with van der Waals surface area (Å²) in [6, 6.07) is 27.8. The molecule has 4 rings (SSSR count). The van der Waals surface area contributed by atoms with Crippen molar-refractivity contribution in [1.29, 1.82) is 0 Å². The average Bonchev–Trinajstić information content (AvgIpc) is 2.85. The van der Waals surface area contributed by atoms with Crippen molar-refractivity contribution in [2.75, 3.05) is 36.5 Å². The molecule has 32 heavy (non-hydrogen) atoms. The quantitative estimate of drug-likeness (QED) is 0.337. The fourth-order valence-electron chi connectivity index (χ4n) is 3.61. The number of thioether (sulfide) groups is 1. The fraction of sp³-hybridized carbons (Fsp3) is 0.269. The van der Waals surface area contributed by atoms with E-state index in [2.05, 4.69) is 95.3 Å². The molecule has 1 saturated heterocycles. The number of hydrogen-bond donors (Lipinski definition) is 2. The number of rotatable bonds is 7. The zero-order chi connectivity index (χ0) is 22.2. The normalized spacial score (nSPS) is 14.6. The first-order chi connectivity index (χ1) is 15.7. The van der Waals surface area contributed by atoms with Crippen molar-refractivity contribution in [2.24, 2.45) is 0 Å². The lowest BCUT2D eigenvalue weighted by Crippen LogP contribution is -2.36. The van der Waals surface area contributed by atoms with E-state index in [0.717, 1.165) is 37.7 Å². The molecular weight excluding hydrogens is 434 g/mol. The minimum atomic E-state index is 0.121. The van der Waals surface area contributed by atoms with E-state index in [9.17, 15) is 0 Å². The fourth-order valence-corrected chi connectivity index (χ4v) is 4.78. The van der Waals surface area contributed by atoms with Crippen LogP contribution < -0.4 is 15.5 Å². The van der Waals surface area contributed by atoms with Crippen molar-refractivity contribution >= 4 is 40.5 Å². The molecule has 2 N–H and O–H groups in total. The van der Waals surface area contributed by atoms with Gasteiger partial charge in [0.05, 0.1) is 19.3 Å². The Labute approximate surface area is 200 Å². The first kappa shape index (κ1) is 22.6. The molecule has 0 radical (unpaired) electrons. The van der Waals surface area contributed by atoms with Gasteiger partial charge in [-0.05, 0) is 66.7 Å². The molecule has 1 heterocycles. The molecule has 0 aliphatic carbocycles. The lowest BCUT2D eigenvalue weighted by Gasteiger charge is -2.29. The van der Waals surface area contributed by atoms with Gasteiger partial charge in [-0.1, -0.05) is 42.5 Å². The number of morpholine rings is 1. The molecule has 6 heteroatoms. The summed E-state index contributed by atoms with van der Waals surface area (Å²) in [7, 11) is 0. The van der Waals surface area contributed by atoms with E-state index in [4.69, 9.17) is 17.0 Å². The maximum Gasteiger partial charge on any atom is 0.171 e. The molecule has 1 aliphatic heterocycles. The van der Waals surface area contributed by atoms with Crippen LogP contribution >= 0.6 is 24.0 Å². The Morgan fingerprint density at radius 3 is 2.34 bits per heavy atom. The summed E-state index contributed by atoms with van der Waals surface area (Å²) in [6.07, 6.45) is 0. The molecule has 3 aromatic carbocycles. The summed E-state index contributed by atoms with van der Waals surface area (Å²) in [6.45, 7) is 5.62. The summed E-state index contributed by atoms with van der Waals surface area (Å²) in [5.74, 6) is 0.949. The summed E-state index contributed by atoms with van der Waals surface area (Å²) in [5, 5.41) is 7.31. The number of anilines is 2. The number of ether oxygens (including phenoxy) is 1. The Hall–Kier alpha value is -2.54. The van der Waals surface area contributed by atoms with E-state index in [1.165, 1.54) is 21.7 Å². The molecule has 0 spiro atoms. The second-order valence-electron chi connectivity index (χ2n) is 7.81. The third-order valence-electron chi connectivity index (χ3n) is 5.48. The number of benzene rings is 3. The van der Waals surface area contributed by atoms with E-state index in [-0.39, 0.29) is 6.04 Å². The maximum atomic E-state index is 5.54. The summed E-state index contributed by atoms with van der Waals surface area (Å²) in [5.41, 5.74) is 4.73. The van der Waals surface area contributed by atoms with Gasteiger partial charge in [0, 0.05) is 35.1 Å². The predicted molar refractivity (Wildman–Crippen MR) is 140 cm³/mol. The summed E-state index contributed by atoms with van der Waals surface area (Å²) < 4.78 is 5.44. The van der Waals surface area contributed by atoms with E-state index in [1.807, 2.05) is 17.8 Å². The molecule has 0 unspecified atom stereocenters. The third-order valence-corrected chi connectivity index (χ3v) is 6.78. The van der Waals surface area contributed by atoms with Gasteiger partial charge in [-0.2, -0.15) is 0 Å². The zero-order valence-corrected chi connectivity index (χ0v) is 19.9. The van der Waals surface area contributed by atoms with Gasteiger partial charge in [0.1, 0.15) is 0 Å². The monoisotopic (exact) mass is 463 g/mol. The Bertz CT molecular complexity index is 988. The van der Waals surface area contributed by atoms with Crippen LogP contribution in [0.5, 0.6) is 0 Å². The Morgan fingerprint density at radius 1 is 0.969 bits per heavy atom. The maximum absolute atomic E-state index is 5.54. The van der Waals surface area contributed by atoms with E-state index >= 15 is 0 Å². The summed E-state index contributed by atoms with van der Waals surface area (Å²) in [4.78, 5) is 3.65. The van der Waals surface area contributed by atoms with Crippen molar-refractivity contribution in [3.8, 4) is 0 Å². The van der Waals surface area contributed by atoms with Gasteiger partial charge in [-0.15, -0.1) is 11.8 Å². The molecule has 1 fully saturated rings. The molecular formula is C26H29N3OS2. The standard InChI is InChI=1S/C26H29N3OS2/c1-20(22-9-13-24(14-10-22)29-15-17-30-18-16-29)27-26(31)28-23-11-7-21(8-12-23)19-32-25-5-3-2-4-6-25/h2-14,20H,15-19H2,1H3,(H2,27,28,31)/t20-/m1/s1. The lowest BCUT2D eigenvalue weighted by molar-refractivity contribution is 0.122. The van der Waals surface area contributed by atoms with E-state index < -0.39 is 0 Å². The Balaban J connectivity index is 1.25. The predicted octanol–water partition coefficient (Wildman–Crippen LogP) is 5.86.